The Labute approximate surface area is 65.7 Å². The van der Waals surface area contributed by atoms with Crippen LogP contribution in [0.1, 0.15) is 13.8 Å². The highest BCUT2D eigenvalue weighted by Gasteiger charge is 2.07. The summed E-state index contributed by atoms with van der Waals surface area (Å²) in [6.07, 6.45) is 6.46. The van der Waals surface area contributed by atoms with Gasteiger partial charge in [0.25, 0.3) is 5.78 Å². The second-order valence-corrected chi connectivity index (χ2v) is 1.93. The third kappa shape index (κ3) is 4.00. The van der Waals surface area contributed by atoms with Crippen LogP contribution in [0.3, 0.4) is 0 Å². The van der Waals surface area contributed by atoms with Gasteiger partial charge >= 0.3 is 5.71 Å². The van der Waals surface area contributed by atoms with Crippen LogP contribution >= 0.6 is 0 Å². The van der Waals surface area contributed by atoms with Crippen molar-refractivity contribution in [1.29, 1.82) is 0 Å². The summed E-state index contributed by atoms with van der Waals surface area (Å²) in [5.74, 6) is -0.286. The molecule has 3 heteroatoms. The number of carbonyl (C=O) groups is 1. The molecule has 11 heavy (non-hydrogen) atoms. The monoisotopic (exact) mass is 150 g/mol. The molecule has 0 N–H and O–H groups in total. The maximum absolute atomic E-state index is 10.8. The zero-order chi connectivity index (χ0) is 8.69. The van der Waals surface area contributed by atoms with E-state index in [1.807, 2.05) is 6.92 Å². The quantitative estimate of drug-likeness (QED) is 0.197. The summed E-state index contributed by atoms with van der Waals surface area (Å²) in [6, 6.07) is 0. The molecule has 0 aromatic carbocycles. The van der Waals surface area contributed by atoms with Crippen LogP contribution in [0.15, 0.2) is 24.3 Å². The van der Waals surface area contributed by atoms with Crippen molar-refractivity contribution >= 4 is 11.5 Å². The molecule has 0 saturated heterocycles. The Morgan fingerprint density at radius 1 is 1.45 bits per heavy atom. The van der Waals surface area contributed by atoms with Gasteiger partial charge in [0.2, 0.25) is 0 Å². The molecule has 0 atom stereocenters. The summed E-state index contributed by atoms with van der Waals surface area (Å²) in [5.41, 5.74) is 8.27. The van der Waals surface area contributed by atoms with Crippen LogP contribution in [0, 0.1) is 0 Å². The highest BCUT2D eigenvalue weighted by atomic mass is 16.1. The van der Waals surface area contributed by atoms with E-state index in [4.69, 9.17) is 5.53 Å². The summed E-state index contributed by atoms with van der Waals surface area (Å²) in [6.45, 7) is 3.30. The van der Waals surface area contributed by atoms with Gasteiger partial charge in [0, 0.05) is 6.92 Å². The molecule has 0 spiro atoms. The lowest BCUT2D eigenvalue weighted by molar-refractivity contribution is -0.113. The summed E-state index contributed by atoms with van der Waals surface area (Å²) >= 11 is 0. The lowest BCUT2D eigenvalue weighted by Crippen LogP contribution is -2.06. The zero-order valence-electron chi connectivity index (χ0n) is 6.61. The van der Waals surface area contributed by atoms with Crippen molar-refractivity contribution in [2.24, 2.45) is 0 Å². The molecule has 0 aliphatic rings. The van der Waals surface area contributed by atoms with Gasteiger partial charge in [-0.25, -0.2) is 0 Å². The molecule has 0 amide bonds. The fourth-order valence-electron chi connectivity index (χ4n) is 0.424. The van der Waals surface area contributed by atoms with Crippen LogP contribution in [0.5, 0.6) is 0 Å². The predicted octanol–water partition coefficient (Wildman–Crippen LogP) is 1.38. The molecule has 0 aromatic heterocycles. The van der Waals surface area contributed by atoms with Crippen molar-refractivity contribution in [2.75, 3.05) is 0 Å². The van der Waals surface area contributed by atoms with Crippen LogP contribution in [0.4, 0.5) is 0 Å². The Kier molecular flexibility index (Phi) is 4.61. The van der Waals surface area contributed by atoms with Gasteiger partial charge in [0.15, 0.2) is 0 Å². The third-order valence-electron chi connectivity index (χ3n) is 1.06. The summed E-state index contributed by atoms with van der Waals surface area (Å²) in [4.78, 5) is 13.6. The van der Waals surface area contributed by atoms with Gasteiger partial charge in [-0.3, -0.25) is 4.79 Å². The first kappa shape index (κ1) is 9.53. The topological polar surface area (TPSA) is 53.5 Å². The van der Waals surface area contributed by atoms with Crippen molar-refractivity contribution in [1.82, 2.24) is 0 Å². The molecule has 0 aliphatic carbocycles. The highest BCUT2D eigenvalue weighted by Crippen LogP contribution is 1.81. The number of hydrogen-bond acceptors (Lipinski definition) is 1. The van der Waals surface area contributed by atoms with Gasteiger partial charge in [-0.1, -0.05) is 18.2 Å². The Morgan fingerprint density at radius 2 is 2.09 bits per heavy atom. The molecular weight excluding hydrogens is 140 g/mol. The van der Waals surface area contributed by atoms with Crippen LogP contribution in [0.2, 0.25) is 0 Å². The zero-order valence-corrected chi connectivity index (χ0v) is 6.61. The molecule has 0 radical (unpaired) electrons. The molecule has 0 heterocycles. The lowest BCUT2D eigenvalue weighted by Gasteiger charge is -1.77. The van der Waals surface area contributed by atoms with Crippen molar-refractivity contribution in [3.8, 4) is 0 Å². The predicted molar refractivity (Wildman–Crippen MR) is 43.3 cm³/mol. The Balaban J connectivity index is 4.19. The largest absolute Gasteiger partial charge is 0.361 e. The van der Waals surface area contributed by atoms with E-state index in [1.54, 1.807) is 18.2 Å². The number of allylic oxidation sites excluding steroid dienone is 4. The van der Waals surface area contributed by atoms with Gasteiger partial charge in [-0.05, 0) is 13.0 Å². The molecule has 0 aliphatic heterocycles. The van der Waals surface area contributed by atoms with E-state index in [9.17, 15) is 4.79 Å². The van der Waals surface area contributed by atoms with Gasteiger partial charge in [-0.15, -0.1) is 0 Å². The SMILES string of the molecule is C/C=C/C=C/C(=O)C(C)=[N+]=[N-]. The Bertz CT molecular complexity index is 245. The van der Waals surface area contributed by atoms with E-state index in [0.29, 0.717) is 0 Å². The first-order valence-electron chi connectivity index (χ1n) is 3.24. The molecular formula is C8H10N2O. The number of ketones is 1. The maximum atomic E-state index is 10.8. The van der Waals surface area contributed by atoms with Crippen molar-refractivity contribution in [3.63, 3.8) is 0 Å². The first-order chi connectivity index (χ1) is 5.22. The van der Waals surface area contributed by atoms with E-state index in [1.165, 1.54) is 13.0 Å². The molecule has 0 bridgehead atoms. The summed E-state index contributed by atoms with van der Waals surface area (Å²) in [5, 5.41) is 0. The van der Waals surface area contributed by atoms with Crippen LogP contribution in [0.25, 0.3) is 5.53 Å². The minimum atomic E-state index is -0.286. The van der Waals surface area contributed by atoms with Gasteiger partial charge < -0.3 is 5.53 Å². The normalized spacial score (nSPS) is 10.4. The van der Waals surface area contributed by atoms with E-state index >= 15 is 0 Å². The number of hydrogen-bond donors (Lipinski definition) is 0. The fourth-order valence-corrected chi connectivity index (χ4v) is 0.424. The molecule has 0 rings (SSSR count). The van der Waals surface area contributed by atoms with Gasteiger partial charge in [-0.2, -0.15) is 4.79 Å². The molecule has 58 valence electrons. The minimum absolute atomic E-state index is 0.0887. The average molecular weight is 150 g/mol. The van der Waals surface area contributed by atoms with Crippen molar-refractivity contribution < 1.29 is 9.58 Å². The standard InChI is InChI=1S/C8H10N2O/c1-3-4-5-6-8(11)7(2)10-9/h3-6H,1-2H3/b4-3+,6-5+. The van der Waals surface area contributed by atoms with Crippen molar-refractivity contribution in [2.45, 2.75) is 13.8 Å². The van der Waals surface area contributed by atoms with E-state index in [2.05, 4.69) is 4.79 Å². The van der Waals surface area contributed by atoms with Crippen molar-refractivity contribution in [3.05, 3.63) is 29.8 Å². The molecule has 0 aromatic rings. The van der Waals surface area contributed by atoms with Gasteiger partial charge in [0.1, 0.15) is 0 Å². The average Bonchev–Trinajstić information content (AvgIpc) is 2.03. The second-order valence-electron chi connectivity index (χ2n) is 1.93. The number of carbonyl (C=O) groups excluding carboxylic acids is 1. The first-order valence-corrected chi connectivity index (χ1v) is 3.24. The number of nitrogens with zero attached hydrogens (tertiary/aromatic N) is 2. The fraction of sp³-hybridized carbons (Fsp3) is 0.250. The summed E-state index contributed by atoms with van der Waals surface area (Å²) in [7, 11) is 0. The van der Waals surface area contributed by atoms with Crippen LogP contribution in [-0.2, 0) is 4.79 Å². The van der Waals surface area contributed by atoms with E-state index in [-0.39, 0.29) is 11.5 Å². The highest BCUT2D eigenvalue weighted by molar-refractivity contribution is 6.40. The molecule has 0 fully saturated rings. The molecule has 3 nitrogen and oxygen atoms in total. The smallest absolute Gasteiger partial charge is 0.335 e. The van der Waals surface area contributed by atoms with Crippen LogP contribution < -0.4 is 0 Å². The number of rotatable bonds is 3. The maximum Gasteiger partial charge on any atom is 0.335 e. The third-order valence-corrected chi connectivity index (χ3v) is 1.06. The molecule has 0 saturated carbocycles. The molecule has 0 unspecified atom stereocenters. The van der Waals surface area contributed by atoms with E-state index in [0.717, 1.165) is 0 Å². The lowest BCUT2D eigenvalue weighted by atomic mass is 10.2. The Morgan fingerprint density at radius 3 is 2.55 bits per heavy atom. The van der Waals surface area contributed by atoms with E-state index < -0.39 is 0 Å². The second kappa shape index (κ2) is 5.33. The minimum Gasteiger partial charge on any atom is -0.361 e. The van der Waals surface area contributed by atoms with Gasteiger partial charge in [0.05, 0.1) is 0 Å². The van der Waals surface area contributed by atoms with Crippen LogP contribution in [-0.4, -0.2) is 16.3 Å². The Hall–Kier alpha value is -1.47. The summed E-state index contributed by atoms with van der Waals surface area (Å²) < 4.78 is 0.